The van der Waals surface area contributed by atoms with Crippen LogP contribution >= 0.6 is 12.2 Å². The van der Waals surface area contributed by atoms with Crippen molar-refractivity contribution in [3.05, 3.63) is 44.3 Å². The predicted octanol–water partition coefficient (Wildman–Crippen LogP) is -0.113. The molecule has 0 bridgehead atoms. The number of phenolic OH excluding ortho intramolecular Hbond substituents is 1. The van der Waals surface area contributed by atoms with E-state index in [-0.39, 0.29) is 51.0 Å². The lowest BCUT2D eigenvalue weighted by molar-refractivity contribution is -0.384. The Morgan fingerprint density at radius 3 is 2.71 bits per heavy atom. The first-order valence-corrected chi connectivity index (χ1v) is 9.47. The summed E-state index contributed by atoms with van der Waals surface area (Å²) in [6, 6.07) is 3.55. The highest BCUT2D eigenvalue weighted by Gasteiger charge is 2.44. The summed E-state index contributed by atoms with van der Waals surface area (Å²) >= 11 is 5.21. The number of hydrogen-bond donors (Lipinski definition) is 6. The van der Waals surface area contributed by atoms with Gasteiger partial charge in [-0.25, -0.2) is 9.97 Å². The number of nitro groups is 1. The molecule has 1 saturated heterocycles. The fourth-order valence-corrected chi connectivity index (χ4v) is 3.79. The van der Waals surface area contributed by atoms with E-state index in [0.717, 1.165) is 6.07 Å². The van der Waals surface area contributed by atoms with Gasteiger partial charge in [0, 0.05) is 24.1 Å². The molecule has 31 heavy (non-hydrogen) atoms. The van der Waals surface area contributed by atoms with Gasteiger partial charge in [0.2, 0.25) is 0 Å². The standard InChI is InChI=1S/C17H18N6O7S/c18-17-20-14-11(15(31)21-17)19-10(4-6-3-7(23(28)29)1-2-8(6)25)22(14)16-13(27)12(26)9(5-24)30-16/h1-3,9,12-13,16,24-27H,4-5H2,(H3,18,20,21,31)/t9-,12-,13-,16-/m1/s1. The predicted molar refractivity (Wildman–Crippen MR) is 108 cm³/mol. The zero-order valence-electron chi connectivity index (χ0n) is 15.7. The molecule has 0 aliphatic carbocycles. The summed E-state index contributed by atoms with van der Waals surface area (Å²) in [6.45, 7) is -0.540. The second-order valence-corrected chi connectivity index (χ2v) is 7.38. The largest absolute Gasteiger partial charge is 0.508 e. The van der Waals surface area contributed by atoms with Crippen LogP contribution in [-0.4, -0.2) is 69.8 Å². The molecule has 14 heteroatoms. The summed E-state index contributed by atoms with van der Waals surface area (Å²) in [7, 11) is 0. The summed E-state index contributed by atoms with van der Waals surface area (Å²) < 4.78 is 7.06. The van der Waals surface area contributed by atoms with Gasteiger partial charge in [-0.3, -0.25) is 14.7 Å². The van der Waals surface area contributed by atoms with E-state index >= 15 is 0 Å². The van der Waals surface area contributed by atoms with Gasteiger partial charge in [0.05, 0.1) is 11.5 Å². The summed E-state index contributed by atoms with van der Waals surface area (Å²) in [6.07, 6.45) is -5.19. The SMILES string of the molecule is Nc1nc(=S)c2nc(Cc3cc([N+](=O)[O-])ccc3O)n([C@@H]3O[C@H](CO)[C@@H](O)[C@H]3O)c2[nH]1. The minimum Gasteiger partial charge on any atom is -0.508 e. The third-order valence-corrected chi connectivity index (χ3v) is 5.33. The van der Waals surface area contributed by atoms with E-state index in [1.807, 2.05) is 0 Å². The lowest BCUT2D eigenvalue weighted by atomic mass is 10.1. The molecule has 2 aromatic heterocycles. The Kier molecular flexibility index (Phi) is 5.32. The number of anilines is 1. The van der Waals surface area contributed by atoms with Crippen LogP contribution in [0, 0.1) is 14.8 Å². The van der Waals surface area contributed by atoms with E-state index in [1.165, 1.54) is 16.7 Å². The zero-order valence-corrected chi connectivity index (χ0v) is 16.6. The topological polar surface area (TPSA) is 206 Å². The number of nitrogens with one attached hydrogen (secondary N) is 1. The summed E-state index contributed by atoms with van der Waals surface area (Å²) in [4.78, 5) is 21.7. The first-order valence-electron chi connectivity index (χ1n) is 9.06. The van der Waals surface area contributed by atoms with Crippen molar-refractivity contribution in [1.29, 1.82) is 0 Å². The van der Waals surface area contributed by atoms with Crippen molar-refractivity contribution < 1.29 is 30.1 Å². The second-order valence-electron chi connectivity index (χ2n) is 7.00. The number of aromatic amines is 1. The van der Waals surface area contributed by atoms with Crippen LogP contribution < -0.4 is 5.73 Å². The number of rotatable bonds is 5. The average Bonchev–Trinajstić information content (AvgIpc) is 3.20. The highest BCUT2D eigenvalue weighted by atomic mass is 32.1. The number of nitro benzene ring substituents is 1. The molecule has 1 aliphatic rings. The summed E-state index contributed by atoms with van der Waals surface area (Å²) in [5.74, 6) is -0.0453. The van der Waals surface area contributed by atoms with Crippen LogP contribution in [0.2, 0.25) is 0 Å². The molecule has 0 saturated carbocycles. The lowest BCUT2D eigenvalue weighted by Crippen LogP contribution is -2.33. The number of H-pyrrole nitrogens is 1. The van der Waals surface area contributed by atoms with Crippen LogP contribution in [-0.2, 0) is 11.2 Å². The van der Waals surface area contributed by atoms with Crippen molar-refractivity contribution in [3.63, 3.8) is 0 Å². The van der Waals surface area contributed by atoms with Crippen LogP contribution in [0.1, 0.15) is 17.6 Å². The van der Waals surface area contributed by atoms with Gasteiger partial charge in [-0.1, -0.05) is 12.2 Å². The summed E-state index contributed by atoms with van der Waals surface area (Å²) in [5, 5.41) is 51.5. The molecule has 7 N–H and O–H groups in total. The Hall–Kier alpha value is -3.17. The van der Waals surface area contributed by atoms with Gasteiger partial charge in [0.15, 0.2) is 16.8 Å². The molecule has 0 amide bonds. The van der Waals surface area contributed by atoms with E-state index in [4.69, 9.17) is 22.7 Å². The smallest absolute Gasteiger partial charge is 0.269 e. The quantitative estimate of drug-likeness (QED) is 0.172. The van der Waals surface area contributed by atoms with Crippen LogP contribution in [0.4, 0.5) is 11.6 Å². The van der Waals surface area contributed by atoms with Gasteiger partial charge in [-0.05, 0) is 6.07 Å². The van der Waals surface area contributed by atoms with Crippen molar-refractivity contribution in [2.45, 2.75) is 31.0 Å². The molecule has 13 nitrogen and oxygen atoms in total. The van der Waals surface area contributed by atoms with Crippen molar-refractivity contribution in [2.24, 2.45) is 0 Å². The number of aliphatic hydroxyl groups excluding tert-OH is 3. The molecule has 4 atom stereocenters. The molecule has 1 fully saturated rings. The first-order chi connectivity index (χ1) is 14.7. The highest BCUT2D eigenvalue weighted by Crippen LogP contribution is 2.34. The van der Waals surface area contributed by atoms with E-state index in [0.29, 0.717) is 0 Å². The van der Waals surface area contributed by atoms with Crippen molar-refractivity contribution in [2.75, 3.05) is 12.3 Å². The number of aromatic nitrogens is 4. The number of nitrogens with zero attached hydrogens (tertiary/aromatic N) is 4. The number of imidazole rings is 1. The third kappa shape index (κ3) is 3.60. The Morgan fingerprint density at radius 1 is 1.32 bits per heavy atom. The minimum absolute atomic E-state index is 0.0323. The number of hydrogen-bond acceptors (Lipinski definition) is 11. The fourth-order valence-electron chi connectivity index (χ4n) is 3.55. The van der Waals surface area contributed by atoms with Gasteiger partial charge in [-0.2, -0.15) is 0 Å². The maximum atomic E-state index is 11.1. The molecule has 3 heterocycles. The Bertz CT molecular complexity index is 1230. The van der Waals surface area contributed by atoms with Crippen molar-refractivity contribution in [3.8, 4) is 5.75 Å². The number of ether oxygens (including phenoxy) is 1. The van der Waals surface area contributed by atoms with Gasteiger partial charge in [0.25, 0.3) is 5.69 Å². The highest BCUT2D eigenvalue weighted by molar-refractivity contribution is 7.71. The number of non-ortho nitro benzene ring substituents is 1. The average molecular weight is 450 g/mol. The van der Waals surface area contributed by atoms with E-state index in [1.54, 1.807) is 0 Å². The molecule has 0 unspecified atom stereocenters. The van der Waals surface area contributed by atoms with E-state index in [2.05, 4.69) is 15.0 Å². The van der Waals surface area contributed by atoms with Crippen LogP contribution in [0.25, 0.3) is 11.2 Å². The lowest BCUT2D eigenvalue weighted by Gasteiger charge is -2.20. The molecule has 0 spiro atoms. The van der Waals surface area contributed by atoms with Crippen LogP contribution in [0.3, 0.4) is 0 Å². The number of nitrogen functional groups attached to an aromatic ring is 1. The number of aromatic hydroxyl groups is 1. The molecule has 1 aliphatic heterocycles. The van der Waals surface area contributed by atoms with E-state index < -0.39 is 36.1 Å². The Morgan fingerprint density at radius 2 is 2.06 bits per heavy atom. The molecule has 164 valence electrons. The maximum Gasteiger partial charge on any atom is 0.269 e. The Balaban J connectivity index is 1.89. The molecule has 0 radical (unpaired) electrons. The molecule has 1 aromatic carbocycles. The van der Waals surface area contributed by atoms with Gasteiger partial charge in [0.1, 0.15) is 41.0 Å². The maximum absolute atomic E-state index is 11.1. The second kappa shape index (κ2) is 7.82. The summed E-state index contributed by atoms with van der Waals surface area (Å²) in [5.41, 5.74) is 6.16. The zero-order chi connectivity index (χ0) is 22.4. The van der Waals surface area contributed by atoms with E-state index in [9.17, 15) is 30.5 Å². The molecular weight excluding hydrogens is 432 g/mol. The van der Waals surface area contributed by atoms with Crippen molar-refractivity contribution in [1.82, 2.24) is 19.5 Å². The molecule has 3 aromatic rings. The number of nitrogens with two attached hydrogens (primary N) is 1. The fraction of sp³-hybridized carbons (Fsp3) is 0.353. The number of benzene rings is 1. The number of aliphatic hydroxyl groups is 3. The van der Waals surface area contributed by atoms with Crippen molar-refractivity contribution >= 4 is 35.0 Å². The van der Waals surface area contributed by atoms with Gasteiger partial charge >= 0.3 is 0 Å². The number of phenols is 1. The Labute approximate surface area is 178 Å². The first kappa shape index (κ1) is 21.1. The van der Waals surface area contributed by atoms with Crippen LogP contribution in [0.5, 0.6) is 5.75 Å². The number of fused-ring (bicyclic) bond motifs is 1. The van der Waals surface area contributed by atoms with Crippen LogP contribution in [0.15, 0.2) is 18.2 Å². The van der Waals surface area contributed by atoms with Gasteiger partial charge in [-0.15, -0.1) is 0 Å². The third-order valence-electron chi connectivity index (χ3n) is 5.05. The van der Waals surface area contributed by atoms with Gasteiger partial charge < -0.3 is 35.9 Å². The monoisotopic (exact) mass is 450 g/mol. The molecule has 4 rings (SSSR count). The minimum atomic E-state index is -1.44. The molecular formula is C17H18N6O7S. The normalized spacial score (nSPS) is 23.5.